The van der Waals surface area contributed by atoms with Crippen molar-refractivity contribution >= 4 is 17.0 Å². The highest BCUT2D eigenvalue weighted by Crippen LogP contribution is 2.38. The Labute approximate surface area is 175 Å². The van der Waals surface area contributed by atoms with Gasteiger partial charge in [0.2, 0.25) is 5.82 Å². The highest BCUT2D eigenvalue weighted by Gasteiger charge is 2.24. The second kappa shape index (κ2) is 8.64. The third-order valence-corrected chi connectivity index (χ3v) is 5.18. The maximum atomic E-state index is 12.5. The van der Waals surface area contributed by atoms with E-state index in [0.717, 1.165) is 0 Å². The van der Waals surface area contributed by atoms with Crippen LogP contribution in [0.5, 0.6) is 11.5 Å². The van der Waals surface area contributed by atoms with Gasteiger partial charge >= 0.3 is 0 Å². The van der Waals surface area contributed by atoms with Crippen LogP contribution in [0.2, 0.25) is 0 Å². The molecule has 3 rings (SSSR count). The van der Waals surface area contributed by atoms with Crippen molar-refractivity contribution in [3.63, 3.8) is 0 Å². The van der Waals surface area contributed by atoms with E-state index in [1.54, 1.807) is 25.1 Å². The van der Waals surface area contributed by atoms with Crippen molar-refractivity contribution < 1.29 is 23.8 Å². The minimum atomic E-state index is -2.14. The van der Waals surface area contributed by atoms with Crippen molar-refractivity contribution in [2.24, 2.45) is 0 Å². The average Bonchev–Trinajstić information content (AvgIpc) is 3.13. The summed E-state index contributed by atoms with van der Waals surface area (Å²) in [6, 6.07) is 8.85. The first-order chi connectivity index (χ1) is 14.2. The van der Waals surface area contributed by atoms with Crippen LogP contribution < -0.4 is 5.32 Å². The van der Waals surface area contributed by atoms with E-state index in [-0.39, 0.29) is 39.5 Å². The Morgan fingerprint density at radius 2 is 1.80 bits per heavy atom. The Morgan fingerprint density at radius 1 is 1.13 bits per heavy atom. The van der Waals surface area contributed by atoms with Gasteiger partial charge in [0.25, 0.3) is 5.91 Å². The summed E-state index contributed by atoms with van der Waals surface area (Å²) in [5.41, 5.74) is 1.35. The number of hydrogen-bond donors (Lipinski definition) is 4. The van der Waals surface area contributed by atoms with Gasteiger partial charge < -0.3 is 20.1 Å². The molecule has 1 aromatic heterocycles. The molecule has 0 spiro atoms. The summed E-state index contributed by atoms with van der Waals surface area (Å²) in [6.07, 6.45) is 0. The zero-order valence-electron chi connectivity index (χ0n) is 16.7. The quantitative estimate of drug-likeness (QED) is 0.441. The summed E-state index contributed by atoms with van der Waals surface area (Å²) in [7, 11) is 0. The summed E-state index contributed by atoms with van der Waals surface area (Å²) in [5.74, 6) is -0.579. The minimum absolute atomic E-state index is 0.0108. The van der Waals surface area contributed by atoms with Crippen LogP contribution in [0.25, 0.3) is 17.1 Å². The second-order valence-electron chi connectivity index (χ2n) is 6.87. The van der Waals surface area contributed by atoms with Gasteiger partial charge in [0.05, 0.1) is 10.5 Å². The molecule has 1 atom stereocenters. The van der Waals surface area contributed by atoms with Gasteiger partial charge in [0.15, 0.2) is 16.9 Å². The molecule has 30 heavy (non-hydrogen) atoms. The van der Waals surface area contributed by atoms with E-state index in [0.29, 0.717) is 17.8 Å². The van der Waals surface area contributed by atoms with Crippen molar-refractivity contribution in [2.45, 2.75) is 31.6 Å². The van der Waals surface area contributed by atoms with Crippen LogP contribution in [0, 0.1) is 0 Å². The monoisotopic (exact) mass is 430 g/mol. The van der Waals surface area contributed by atoms with Gasteiger partial charge in [-0.3, -0.25) is 9.36 Å². The van der Waals surface area contributed by atoms with Gasteiger partial charge in [-0.15, -0.1) is 10.2 Å². The van der Waals surface area contributed by atoms with Gasteiger partial charge in [0.1, 0.15) is 11.5 Å². The van der Waals surface area contributed by atoms with Crippen molar-refractivity contribution in [3.8, 4) is 28.6 Å². The predicted octanol–water partition coefficient (Wildman–Crippen LogP) is 2.80. The molecule has 10 heteroatoms. The number of phenolic OH excluding ortho intramolecular Hbond substituents is 2. The lowest BCUT2D eigenvalue weighted by molar-refractivity contribution is 0.0943. The van der Waals surface area contributed by atoms with Crippen molar-refractivity contribution in [2.75, 3.05) is 6.54 Å². The van der Waals surface area contributed by atoms with Crippen LogP contribution in [0.1, 0.15) is 42.9 Å². The molecule has 0 saturated heterocycles. The van der Waals surface area contributed by atoms with E-state index in [9.17, 15) is 23.8 Å². The topological polar surface area (TPSA) is 138 Å². The summed E-state index contributed by atoms with van der Waals surface area (Å²) in [6.45, 7) is 5.94. The van der Waals surface area contributed by atoms with Crippen LogP contribution in [-0.4, -0.2) is 46.2 Å². The molecule has 0 aliphatic heterocycles. The molecule has 9 nitrogen and oxygen atoms in total. The number of aromatic nitrogens is 3. The molecule has 0 aliphatic carbocycles. The smallest absolute Gasteiger partial charge is 0.289 e. The zero-order chi connectivity index (χ0) is 22.0. The van der Waals surface area contributed by atoms with Crippen LogP contribution in [0.15, 0.2) is 41.3 Å². The first-order valence-electron chi connectivity index (χ1n) is 9.25. The number of aromatic hydroxyl groups is 2. The Morgan fingerprint density at radius 3 is 2.37 bits per heavy atom. The third kappa shape index (κ3) is 4.05. The fourth-order valence-electron chi connectivity index (χ4n) is 3.04. The Balaban J connectivity index is 2.25. The van der Waals surface area contributed by atoms with Gasteiger partial charge in [-0.2, -0.15) is 0 Å². The van der Waals surface area contributed by atoms with E-state index >= 15 is 0 Å². The summed E-state index contributed by atoms with van der Waals surface area (Å²) >= 11 is -2.14. The molecule has 2 aromatic carbocycles. The SMILES string of the molecule is CCNC(=O)c1nnc(-c2cc(C(C)C)c(O)cc2O)n1-c1ccc(S(=O)O)cc1. The number of carbonyl (C=O) groups excluding carboxylic acids is 1. The number of nitrogens with one attached hydrogen (secondary N) is 1. The Kier molecular flexibility index (Phi) is 6.18. The van der Waals surface area contributed by atoms with Gasteiger partial charge in [-0.05, 0) is 48.7 Å². The maximum Gasteiger partial charge on any atom is 0.289 e. The van der Waals surface area contributed by atoms with Crippen LogP contribution in [0.4, 0.5) is 0 Å². The second-order valence-corrected chi connectivity index (χ2v) is 7.84. The van der Waals surface area contributed by atoms with Gasteiger partial charge in [-0.1, -0.05) is 13.8 Å². The van der Waals surface area contributed by atoms with Gasteiger partial charge in [0, 0.05) is 18.3 Å². The first-order valence-corrected chi connectivity index (χ1v) is 10.4. The van der Waals surface area contributed by atoms with Crippen molar-refractivity contribution in [1.82, 2.24) is 20.1 Å². The number of rotatable bonds is 6. The maximum absolute atomic E-state index is 12.5. The molecule has 158 valence electrons. The Bertz CT molecular complexity index is 1110. The fraction of sp³-hybridized carbons (Fsp3) is 0.250. The largest absolute Gasteiger partial charge is 0.508 e. The number of benzene rings is 2. The first kappa shape index (κ1) is 21.5. The predicted molar refractivity (Wildman–Crippen MR) is 111 cm³/mol. The van der Waals surface area contributed by atoms with Crippen molar-refractivity contribution in [1.29, 1.82) is 0 Å². The number of phenols is 2. The average molecular weight is 430 g/mol. The number of amides is 1. The molecular weight excluding hydrogens is 408 g/mol. The molecule has 0 fully saturated rings. The lowest BCUT2D eigenvalue weighted by Crippen LogP contribution is -2.26. The van der Waals surface area contributed by atoms with Crippen LogP contribution in [-0.2, 0) is 11.1 Å². The molecule has 4 N–H and O–H groups in total. The zero-order valence-corrected chi connectivity index (χ0v) is 17.5. The standard InChI is InChI=1S/C20H22N4O5S/c1-4-21-20(27)19-23-22-18(15-9-14(11(2)3)16(25)10-17(15)26)24(19)12-5-7-13(8-6-12)30(28)29/h5-11,25-26H,4H2,1-3H3,(H,21,27)(H,28,29). The molecular formula is C20H22N4O5S. The third-order valence-electron chi connectivity index (χ3n) is 4.51. The van der Waals surface area contributed by atoms with E-state index in [1.807, 2.05) is 13.8 Å². The fourth-order valence-corrected chi connectivity index (χ4v) is 3.41. The molecule has 0 aliphatic rings. The lowest BCUT2D eigenvalue weighted by atomic mass is 9.98. The Hall–Kier alpha value is -3.24. The molecule has 3 aromatic rings. The van der Waals surface area contributed by atoms with Gasteiger partial charge in [-0.25, -0.2) is 4.21 Å². The van der Waals surface area contributed by atoms with E-state index in [4.69, 9.17) is 0 Å². The number of nitrogens with zero attached hydrogens (tertiary/aromatic N) is 3. The highest BCUT2D eigenvalue weighted by atomic mass is 32.2. The molecule has 1 unspecified atom stereocenters. The number of carbonyl (C=O) groups is 1. The van der Waals surface area contributed by atoms with Crippen LogP contribution in [0.3, 0.4) is 0 Å². The van der Waals surface area contributed by atoms with E-state index in [2.05, 4.69) is 15.5 Å². The molecule has 0 bridgehead atoms. The molecule has 0 saturated carbocycles. The summed E-state index contributed by atoms with van der Waals surface area (Å²) in [4.78, 5) is 12.7. The number of hydrogen-bond acceptors (Lipinski definition) is 6. The lowest BCUT2D eigenvalue weighted by Gasteiger charge is -2.14. The van der Waals surface area contributed by atoms with E-state index < -0.39 is 17.0 Å². The molecule has 1 amide bonds. The highest BCUT2D eigenvalue weighted by molar-refractivity contribution is 7.79. The normalized spacial score (nSPS) is 12.2. The minimum Gasteiger partial charge on any atom is -0.508 e. The van der Waals surface area contributed by atoms with E-state index in [1.165, 1.54) is 22.8 Å². The molecule has 1 heterocycles. The summed E-state index contributed by atoms with van der Waals surface area (Å²) in [5, 5.41) is 31.4. The molecule has 0 radical (unpaired) electrons. The van der Waals surface area contributed by atoms with Crippen LogP contribution >= 0.6 is 0 Å². The summed E-state index contributed by atoms with van der Waals surface area (Å²) < 4.78 is 22.0. The van der Waals surface area contributed by atoms with Crippen molar-refractivity contribution in [3.05, 3.63) is 47.8 Å².